The third kappa shape index (κ3) is 4.10. The van der Waals surface area contributed by atoms with Gasteiger partial charge in [-0.3, -0.25) is 14.5 Å². The van der Waals surface area contributed by atoms with Crippen LogP contribution in [0.2, 0.25) is 0 Å². The summed E-state index contributed by atoms with van der Waals surface area (Å²) in [6, 6.07) is 25.3. The van der Waals surface area contributed by atoms with Crippen molar-refractivity contribution in [1.82, 2.24) is 4.90 Å². The molecule has 5 nitrogen and oxygen atoms in total. The van der Waals surface area contributed by atoms with Gasteiger partial charge in [-0.2, -0.15) is 0 Å². The van der Waals surface area contributed by atoms with Gasteiger partial charge in [0, 0.05) is 12.2 Å². The molecule has 0 spiro atoms. The molecule has 0 radical (unpaired) electrons. The molecule has 0 saturated carbocycles. The maximum absolute atomic E-state index is 13.8. The molecule has 2 heterocycles. The number of ether oxygens (including phenoxy) is 1. The molecule has 172 valence electrons. The van der Waals surface area contributed by atoms with Crippen molar-refractivity contribution >= 4 is 23.1 Å². The minimum Gasteiger partial charge on any atom is -0.494 e. The molecule has 0 saturated heterocycles. The molecule has 0 aliphatic carbocycles. The Labute approximate surface area is 200 Å². The van der Waals surface area contributed by atoms with Gasteiger partial charge in [-0.05, 0) is 54.2 Å². The van der Waals surface area contributed by atoms with Crippen molar-refractivity contribution < 1.29 is 14.3 Å². The van der Waals surface area contributed by atoms with Gasteiger partial charge in [0.05, 0.1) is 18.7 Å². The first-order valence-corrected chi connectivity index (χ1v) is 11.9. The van der Waals surface area contributed by atoms with Crippen molar-refractivity contribution in [1.29, 1.82) is 0 Å². The van der Waals surface area contributed by atoms with Gasteiger partial charge >= 0.3 is 0 Å². The van der Waals surface area contributed by atoms with E-state index in [4.69, 9.17) is 4.74 Å². The Hall–Kier alpha value is -3.86. The summed E-state index contributed by atoms with van der Waals surface area (Å²) >= 11 is 0. The van der Waals surface area contributed by atoms with Crippen LogP contribution in [-0.2, 0) is 22.6 Å². The Morgan fingerprint density at radius 3 is 2.35 bits per heavy atom. The van der Waals surface area contributed by atoms with E-state index in [-0.39, 0.29) is 18.4 Å². The number of carbonyl (C=O) groups is 2. The highest BCUT2D eigenvalue weighted by atomic mass is 16.5. The molecule has 2 aliphatic heterocycles. The van der Waals surface area contributed by atoms with Gasteiger partial charge in [0.2, 0.25) is 0 Å². The van der Waals surface area contributed by atoms with Gasteiger partial charge in [-0.1, -0.05) is 67.6 Å². The SMILES string of the molecule is CCCOc1ccc(C2=C(N3CCCc4ccccc43)C(=O)N(Cc3ccccc3)C2=O)cc1. The van der Waals surface area contributed by atoms with Crippen molar-refractivity contribution in [3.05, 3.63) is 101 Å². The fourth-order valence-electron chi connectivity index (χ4n) is 4.69. The lowest BCUT2D eigenvalue weighted by atomic mass is 9.98. The van der Waals surface area contributed by atoms with Crippen LogP contribution in [0.25, 0.3) is 5.57 Å². The first-order chi connectivity index (χ1) is 16.7. The number of imide groups is 1. The molecule has 2 amide bonds. The molecule has 34 heavy (non-hydrogen) atoms. The average molecular weight is 453 g/mol. The molecule has 0 N–H and O–H groups in total. The maximum atomic E-state index is 13.8. The number of aryl methyl sites for hydroxylation is 1. The Kier molecular flexibility index (Phi) is 6.17. The van der Waals surface area contributed by atoms with Crippen LogP contribution in [0.1, 0.15) is 36.5 Å². The number of para-hydroxylation sites is 1. The fourth-order valence-corrected chi connectivity index (χ4v) is 4.69. The highest BCUT2D eigenvalue weighted by molar-refractivity contribution is 6.36. The van der Waals surface area contributed by atoms with Crippen LogP contribution in [0.4, 0.5) is 5.69 Å². The zero-order valence-electron chi connectivity index (χ0n) is 19.4. The van der Waals surface area contributed by atoms with Crippen LogP contribution in [0.15, 0.2) is 84.6 Å². The van der Waals surface area contributed by atoms with Crippen molar-refractivity contribution in [3.8, 4) is 5.75 Å². The van der Waals surface area contributed by atoms with E-state index in [1.807, 2.05) is 77.7 Å². The lowest BCUT2D eigenvalue weighted by Gasteiger charge is -2.32. The molecule has 2 aliphatic rings. The quantitative estimate of drug-likeness (QED) is 0.462. The lowest BCUT2D eigenvalue weighted by Crippen LogP contribution is -2.36. The Balaban J connectivity index is 1.58. The summed E-state index contributed by atoms with van der Waals surface area (Å²) in [6.45, 7) is 3.65. The number of hydrogen-bond donors (Lipinski definition) is 0. The molecule has 0 unspecified atom stereocenters. The number of benzene rings is 3. The third-order valence-electron chi connectivity index (χ3n) is 6.32. The summed E-state index contributed by atoms with van der Waals surface area (Å²) in [5.41, 5.74) is 4.79. The summed E-state index contributed by atoms with van der Waals surface area (Å²) in [6.07, 6.45) is 2.82. The largest absolute Gasteiger partial charge is 0.494 e. The molecular formula is C29H28N2O3. The zero-order chi connectivity index (χ0) is 23.5. The van der Waals surface area contributed by atoms with Crippen LogP contribution in [-0.4, -0.2) is 29.9 Å². The minimum absolute atomic E-state index is 0.244. The number of hydrogen-bond acceptors (Lipinski definition) is 4. The van der Waals surface area contributed by atoms with Gasteiger partial charge in [0.1, 0.15) is 11.4 Å². The van der Waals surface area contributed by atoms with E-state index >= 15 is 0 Å². The first-order valence-electron chi connectivity index (χ1n) is 11.9. The highest BCUT2D eigenvalue weighted by Crippen LogP contribution is 2.38. The van der Waals surface area contributed by atoms with Crippen LogP contribution < -0.4 is 9.64 Å². The normalized spacial score (nSPS) is 15.7. The van der Waals surface area contributed by atoms with Crippen molar-refractivity contribution in [3.63, 3.8) is 0 Å². The van der Waals surface area contributed by atoms with Gasteiger partial charge in [-0.25, -0.2) is 0 Å². The summed E-state index contributed by atoms with van der Waals surface area (Å²) in [4.78, 5) is 31.0. The second-order valence-electron chi connectivity index (χ2n) is 8.66. The second-order valence-corrected chi connectivity index (χ2v) is 8.66. The molecule has 0 aromatic heterocycles. The predicted octanol–water partition coefficient (Wildman–Crippen LogP) is 5.21. The number of carbonyl (C=O) groups excluding carboxylic acids is 2. The lowest BCUT2D eigenvalue weighted by molar-refractivity contribution is -0.137. The number of nitrogens with zero attached hydrogens (tertiary/aromatic N) is 2. The molecular weight excluding hydrogens is 424 g/mol. The minimum atomic E-state index is -0.255. The molecule has 3 aromatic rings. The standard InChI is InChI=1S/C29H28N2O3/c1-2-19-34-24-16-14-23(15-17-24)26-27(30-18-8-12-22-11-6-7-13-25(22)30)29(33)31(28(26)32)20-21-9-4-3-5-10-21/h3-7,9-11,13-17H,2,8,12,18-20H2,1H3. The smallest absolute Gasteiger partial charge is 0.278 e. The topological polar surface area (TPSA) is 49.9 Å². The summed E-state index contributed by atoms with van der Waals surface area (Å²) in [5, 5.41) is 0. The van der Waals surface area contributed by atoms with Crippen molar-refractivity contribution in [2.75, 3.05) is 18.1 Å². The summed E-state index contributed by atoms with van der Waals surface area (Å²) in [7, 11) is 0. The monoisotopic (exact) mass is 452 g/mol. The molecule has 0 fully saturated rings. The van der Waals surface area contributed by atoms with Gasteiger partial charge in [-0.15, -0.1) is 0 Å². The van der Waals surface area contributed by atoms with E-state index in [1.165, 1.54) is 10.5 Å². The Bertz CT molecular complexity index is 1230. The molecule has 5 heteroatoms. The second kappa shape index (κ2) is 9.56. The van der Waals surface area contributed by atoms with Gasteiger partial charge in [0.15, 0.2) is 0 Å². The first kappa shape index (κ1) is 22.0. The van der Waals surface area contributed by atoms with E-state index in [9.17, 15) is 9.59 Å². The number of rotatable bonds is 7. The summed E-state index contributed by atoms with van der Waals surface area (Å²) < 4.78 is 5.72. The summed E-state index contributed by atoms with van der Waals surface area (Å²) in [5.74, 6) is 0.259. The number of fused-ring (bicyclic) bond motifs is 1. The Morgan fingerprint density at radius 2 is 1.59 bits per heavy atom. The van der Waals surface area contributed by atoms with E-state index < -0.39 is 0 Å². The van der Waals surface area contributed by atoms with Crippen LogP contribution >= 0.6 is 0 Å². The molecule has 0 bridgehead atoms. The molecule has 3 aromatic carbocycles. The molecule has 5 rings (SSSR count). The van der Waals surface area contributed by atoms with Crippen molar-refractivity contribution in [2.45, 2.75) is 32.7 Å². The fraction of sp³-hybridized carbons (Fsp3) is 0.241. The van der Waals surface area contributed by atoms with E-state index in [1.54, 1.807) is 0 Å². The third-order valence-corrected chi connectivity index (χ3v) is 6.32. The maximum Gasteiger partial charge on any atom is 0.278 e. The van der Waals surface area contributed by atoms with Crippen LogP contribution in [0.3, 0.4) is 0 Å². The predicted molar refractivity (Wildman–Crippen MR) is 133 cm³/mol. The van der Waals surface area contributed by atoms with E-state index in [2.05, 4.69) is 13.0 Å². The van der Waals surface area contributed by atoms with Gasteiger partial charge in [0.25, 0.3) is 11.8 Å². The average Bonchev–Trinajstić information content (AvgIpc) is 3.12. The van der Waals surface area contributed by atoms with E-state index in [0.717, 1.165) is 41.8 Å². The van der Waals surface area contributed by atoms with Gasteiger partial charge < -0.3 is 9.64 Å². The highest BCUT2D eigenvalue weighted by Gasteiger charge is 2.42. The number of anilines is 1. The van der Waals surface area contributed by atoms with Crippen LogP contribution in [0, 0.1) is 0 Å². The van der Waals surface area contributed by atoms with Crippen molar-refractivity contribution in [2.24, 2.45) is 0 Å². The zero-order valence-corrected chi connectivity index (χ0v) is 19.4. The Morgan fingerprint density at radius 1 is 0.853 bits per heavy atom. The van der Waals surface area contributed by atoms with Crippen LogP contribution in [0.5, 0.6) is 5.75 Å². The number of amides is 2. The molecule has 0 atom stereocenters. The van der Waals surface area contributed by atoms with E-state index in [0.29, 0.717) is 24.4 Å².